The van der Waals surface area contributed by atoms with Gasteiger partial charge in [0.2, 0.25) is 10.0 Å². The fourth-order valence-electron chi connectivity index (χ4n) is 1.50. The monoisotopic (exact) mass is 304 g/mol. The number of ether oxygens (including phenoxy) is 1. The van der Waals surface area contributed by atoms with E-state index in [4.69, 9.17) is 4.74 Å². The summed E-state index contributed by atoms with van der Waals surface area (Å²) in [6, 6.07) is 2.52. The van der Waals surface area contributed by atoms with Crippen LogP contribution in [-0.2, 0) is 14.8 Å². The molecule has 0 spiro atoms. The van der Waals surface area contributed by atoms with Gasteiger partial charge in [-0.2, -0.15) is 0 Å². The lowest BCUT2D eigenvalue weighted by atomic mass is 10.3. The smallest absolute Gasteiger partial charge is 0.312 e. The van der Waals surface area contributed by atoms with Crippen molar-refractivity contribution in [3.8, 4) is 5.75 Å². The Morgan fingerprint density at radius 2 is 2.15 bits per heavy atom. The number of sulfonamides is 1. The first-order chi connectivity index (χ1) is 9.27. The van der Waals surface area contributed by atoms with Crippen molar-refractivity contribution in [2.24, 2.45) is 0 Å². The van der Waals surface area contributed by atoms with Crippen LogP contribution in [0.5, 0.6) is 5.75 Å². The normalized spacial score (nSPS) is 13.1. The van der Waals surface area contributed by atoms with Gasteiger partial charge in [0.05, 0.1) is 9.82 Å². The quantitative estimate of drug-likeness (QED) is 0.573. The van der Waals surface area contributed by atoms with Crippen molar-refractivity contribution in [2.45, 2.75) is 24.3 Å². The molecule has 0 saturated heterocycles. The predicted molar refractivity (Wildman–Crippen MR) is 71.0 cm³/mol. The molecule has 0 aromatic heterocycles. The highest BCUT2D eigenvalue weighted by Gasteiger charge is 2.22. The minimum atomic E-state index is -3.88. The number of phenols is 1. The molecule has 1 rings (SSSR count). The molecule has 0 aliphatic heterocycles. The van der Waals surface area contributed by atoms with E-state index >= 15 is 0 Å². The molecule has 0 bridgehead atoms. The molecule has 0 fully saturated rings. The molecule has 0 aliphatic rings. The Bertz CT molecular complexity index is 587. The third-order valence-electron chi connectivity index (χ3n) is 2.57. The van der Waals surface area contributed by atoms with Crippen molar-refractivity contribution in [1.82, 2.24) is 4.72 Å². The average molecular weight is 304 g/mol. The number of aromatic hydroxyl groups is 1. The van der Waals surface area contributed by atoms with Crippen LogP contribution in [0.1, 0.15) is 13.3 Å². The summed E-state index contributed by atoms with van der Waals surface area (Å²) in [7, 11) is -2.38. The van der Waals surface area contributed by atoms with Crippen LogP contribution < -0.4 is 4.72 Å². The van der Waals surface area contributed by atoms with Gasteiger partial charge in [-0.25, -0.2) is 13.1 Å². The van der Waals surface area contributed by atoms with Crippen molar-refractivity contribution in [2.75, 3.05) is 13.7 Å². The third-order valence-corrected chi connectivity index (χ3v) is 4.15. The number of benzene rings is 1. The van der Waals surface area contributed by atoms with Gasteiger partial charge in [0.15, 0.2) is 5.75 Å². The molecule has 1 aromatic rings. The highest BCUT2D eigenvalue weighted by molar-refractivity contribution is 7.89. The Morgan fingerprint density at radius 3 is 2.70 bits per heavy atom. The van der Waals surface area contributed by atoms with Crippen LogP contribution >= 0.6 is 0 Å². The minimum absolute atomic E-state index is 0.272. The largest absolute Gasteiger partial charge is 0.502 e. The number of hydrogen-bond acceptors (Lipinski definition) is 6. The Hall–Kier alpha value is -1.71. The molecule has 8 nitrogen and oxygen atoms in total. The van der Waals surface area contributed by atoms with Crippen LogP contribution in [0.15, 0.2) is 23.1 Å². The maximum atomic E-state index is 12.0. The van der Waals surface area contributed by atoms with E-state index in [2.05, 4.69) is 4.72 Å². The molecule has 0 heterocycles. The molecular formula is C11H16N2O6S. The molecule has 0 radical (unpaired) electrons. The number of rotatable bonds is 7. The van der Waals surface area contributed by atoms with Crippen molar-refractivity contribution in [3.05, 3.63) is 28.3 Å². The van der Waals surface area contributed by atoms with Gasteiger partial charge in [-0.15, -0.1) is 0 Å². The Morgan fingerprint density at radius 1 is 1.50 bits per heavy atom. The number of methoxy groups -OCH3 is 1. The SMILES string of the molecule is COCCC(C)NS(=O)(=O)c1ccc(O)c([N+](=O)[O-])c1. The zero-order valence-corrected chi connectivity index (χ0v) is 11.9. The number of nitrogens with zero attached hydrogens (tertiary/aromatic N) is 1. The van der Waals surface area contributed by atoms with Gasteiger partial charge in [-0.05, 0) is 25.5 Å². The first kappa shape index (κ1) is 16.3. The average Bonchev–Trinajstić information content (AvgIpc) is 2.35. The van der Waals surface area contributed by atoms with Crippen molar-refractivity contribution < 1.29 is 23.2 Å². The molecule has 9 heteroatoms. The summed E-state index contributed by atoms with van der Waals surface area (Å²) in [4.78, 5) is 9.56. The summed E-state index contributed by atoms with van der Waals surface area (Å²) in [5.74, 6) is -0.582. The van der Waals surface area contributed by atoms with Gasteiger partial charge in [0.1, 0.15) is 0 Å². The van der Waals surface area contributed by atoms with Crippen LogP contribution in [-0.4, -0.2) is 38.2 Å². The van der Waals surface area contributed by atoms with Gasteiger partial charge in [0, 0.05) is 25.8 Å². The van der Waals surface area contributed by atoms with Gasteiger partial charge in [-0.1, -0.05) is 0 Å². The lowest BCUT2D eigenvalue weighted by Gasteiger charge is -2.13. The zero-order chi connectivity index (χ0) is 15.3. The summed E-state index contributed by atoms with van der Waals surface area (Å²) in [6.45, 7) is 2.05. The third kappa shape index (κ3) is 4.15. The Balaban J connectivity index is 2.98. The lowest BCUT2D eigenvalue weighted by Crippen LogP contribution is -2.33. The van der Waals surface area contributed by atoms with E-state index in [-0.39, 0.29) is 10.9 Å². The van der Waals surface area contributed by atoms with Gasteiger partial charge < -0.3 is 9.84 Å². The highest BCUT2D eigenvalue weighted by atomic mass is 32.2. The van der Waals surface area contributed by atoms with Crippen LogP contribution in [0.2, 0.25) is 0 Å². The molecule has 0 amide bonds. The van der Waals surface area contributed by atoms with E-state index in [9.17, 15) is 23.6 Å². The van der Waals surface area contributed by atoms with E-state index in [1.165, 1.54) is 7.11 Å². The summed E-state index contributed by atoms with van der Waals surface area (Å²) in [5.41, 5.74) is -0.655. The molecule has 2 N–H and O–H groups in total. The molecular weight excluding hydrogens is 288 g/mol. The fourth-order valence-corrected chi connectivity index (χ4v) is 2.80. The second-order valence-corrected chi connectivity index (χ2v) is 5.93. The number of phenolic OH excluding ortho intramolecular Hbond substituents is 1. The standard InChI is InChI=1S/C11H16N2O6S/c1-8(5-6-19-2)12-20(17,18)9-3-4-11(14)10(7-9)13(15)16/h3-4,7-8,12,14H,5-6H2,1-2H3. The molecule has 20 heavy (non-hydrogen) atoms. The molecule has 0 aliphatic carbocycles. The van der Waals surface area contributed by atoms with E-state index in [0.29, 0.717) is 13.0 Å². The zero-order valence-electron chi connectivity index (χ0n) is 11.1. The van der Waals surface area contributed by atoms with Crippen LogP contribution in [0, 0.1) is 10.1 Å². The van der Waals surface area contributed by atoms with Crippen LogP contribution in [0.25, 0.3) is 0 Å². The van der Waals surface area contributed by atoms with Crippen LogP contribution in [0.3, 0.4) is 0 Å². The molecule has 0 saturated carbocycles. The molecule has 1 unspecified atom stereocenters. The maximum Gasteiger partial charge on any atom is 0.312 e. The van der Waals surface area contributed by atoms with Crippen molar-refractivity contribution in [1.29, 1.82) is 0 Å². The van der Waals surface area contributed by atoms with Crippen molar-refractivity contribution in [3.63, 3.8) is 0 Å². The minimum Gasteiger partial charge on any atom is -0.502 e. The van der Waals surface area contributed by atoms with Gasteiger partial charge >= 0.3 is 5.69 Å². The first-order valence-corrected chi connectivity index (χ1v) is 7.25. The molecule has 112 valence electrons. The van der Waals surface area contributed by atoms with Gasteiger partial charge in [0.25, 0.3) is 0 Å². The van der Waals surface area contributed by atoms with E-state index in [0.717, 1.165) is 18.2 Å². The predicted octanol–water partition coefficient (Wildman–Crippen LogP) is 1.00. The second-order valence-electron chi connectivity index (χ2n) is 4.21. The number of hydrogen-bond donors (Lipinski definition) is 2. The fraction of sp³-hybridized carbons (Fsp3) is 0.455. The van der Waals surface area contributed by atoms with E-state index in [1.54, 1.807) is 6.92 Å². The van der Waals surface area contributed by atoms with E-state index < -0.39 is 26.4 Å². The topological polar surface area (TPSA) is 119 Å². The molecule has 1 atom stereocenters. The number of nitrogens with one attached hydrogen (secondary N) is 1. The highest BCUT2D eigenvalue weighted by Crippen LogP contribution is 2.28. The second kappa shape index (κ2) is 6.64. The maximum absolute atomic E-state index is 12.0. The Kier molecular flexibility index (Phi) is 5.43. The first-order valence-electron chi connectivity index (χ1n) is 5.76. The Labute approximate surface area is 116 Å². The van der Waals surface area contributed by atoms with E-state index in [1.807, 2.05) is 0 Å². The summed E-state index contributed by atoms with van der Waals surface area (Å²) in [6.07, 6.45) is 0.468. The molecule has 1 aromatic carbocycles. The lowest BCUT2D eigenvalue weighted by molar-refractivity contribution is -0.386. The van der Waals surface area contributed by atoms with Crippen molar-refractivity contribution >= 4 is 15.7 Å². The summed E-state index contributed by atoms with van der Waals surface area (Å²) < 4.78 is 31.3. The van der Waals surface area contributed by atoms with Gasteiger partial charge in [-0.3, -0.25) is 10.1 Å². The summed E-state index contributed by atoms with van der Waals surface area (Å²) in [5, 5.41) is 20.0. The summed E-state index contributed by atoms with van der Waals surface area (Å²) >= 11 is 0. The number of nitro groups is 1. The van der Waals surface area contributed by atoms with Crippen LogP contribution in [0.4, 0.5) is 5.69 Å². The number of nitro benzene ring substituents is 1.